The summed E-state index contributed by atoms with van der Waals surface area (Å²) in [5.74, 6) is -0.797. The molecule has 132 valence electrons. The molecule has 1 aromatic rings. The number of imide groups is 1. The number of carbonyl (C=O) groups excluding carboxylic acids is 3. The number of benzene rings is 1. The maximum absolute atomic E-state index is 11.8. The summed E-state index contributed by atoms with van der Waals surface area (Å²) in [7, 11) is 0. The van der Waals surface area contributed by atoms with E-state index in [1.807, 2.05) is 36.5 Å². The van der Waals surface area contributed by atoms with Crippen molar-refractivity contribution in [2.45, 2.75) is 39.7 Å². The summed E-state index contributed by atoms with van der Waals surface area (Å²) in [6.45, 7) is 5.76. The number of esters is 1. The third kappa shape index (κ3) is 7.13. The maximum Gasteiger partial charge on any atom is 0.318 e. The third-order valence-electron chi connectivity index (χ3n) is 3.18. The van der Waals surface area contributed by atoms with Gasteiger partial charge in [0.2, 0.25) is 0 Å². The number of amides is 3. The Labute approximate surface area is 141 Å². The molecule has 3 N–H and O–H groups in total. The van der Waals surface area contributed by atoms with Gasteiger partial charge in [-0.2, -0.15) is 0 Å². The standard InChI is InChI=1S/C17H24N2O5/c1-11(2)15(16(21)19-17(18)22)24-14(20)5-4-10-23-13-8-6-12(3)7-9-13/h6-9,11,15H,4-5,10H2,1-3H3,(H3,18,19,21,22)/t15-/m1/s1. The molecule has 24 heavy (non-hydrogen) atoms. The van der Waals surface area contributed by atoms with Crippen LogP contribution in [0.25, 0.3) is 0 Å². The number of nitrogens with one attached hydrogen (secondary N) is 1. The van der Waals surface area contributed by atoms with Gasteiger partial charge in [-0.25, -0.2) is 4.79 Å². The first-order valence-electron chi connectivity index (χ1n) is 7.79. The monoisotopic (exact) mass is 336 g/mol. The van der Waals surface area contributed by atoms with Crippen molar-refractivity contribution in [3.63, 3.8) is 0 Å². The van der Waals surface area contributed by atoms with Crippen LogP contribution in [0.2, 0.25) is 0 Å². The van der Waals surface area contributed by atoms with Crippen LogP contribution in [-0.4, -0.2) is 30.6 Å². The Morgan fingerprint density at radius 2 is 1.79 bits per heavy atom. The van der Waals surface area contributed by atoms with Gasteiger partial charge in [-0.05, 0) is 31.4 Å². The Hall–Kier alpha value is -2.57. The Kier molecular flexibility index (Phi) is 7.74. The van der Waals surface area contributed by atoms with Crippen LogP contribution in [0.1, 0.15) is 32.3 Å². The van der Waals surface area contributed by atoms with Crippen molar-refractivity contribution in [1.82, 2.24) is 5.32 Å². The van der Waals surface area contributed by atoms with E-state index in [0.29, 0.717) is 13.0 Å². The number of hydrogen-bond donors (Lipinski definition) is 2. The van der Waals surface area contributed by atoms with Crippen LogP contribution in [0.3, 0.4) is 0 Å². The summed E-state index contributed by atoms with van der Waals surface area (Å²) in [6, 6.07) is 6.61. The molecule has 0 unspecified atom stereocenters. The van der Waals surface area contributed by atoms with E-state index < -0.39 is 24.0 Å². The van der Waals surface area contributed by atoms with Gasteiger partial charge in [0.05, 0.1) is 6.61 Å². The molecule has 0 bridgehead atoms. The van der Waals surface area contributed by atoms with Gasteiger partial charge >= 0.3 is 12.0 Å². The van der Waals surface area contributed by atoms with Crippen molar-refractivity contribution in [3.8, 4) is 5.75 Å². The van der Waals surface area contributed by atoms with Crippen LogP contribution in [0.5, 0.6) is 5.75 Å². The average Bonchev–Trinajstić information content (AvgIpc) is 2.49. The zero-order valence-electron chi connectivity index (χ0n) is 14.2. The van der Waals surface area contributed by atoms with Gasteiger partial charge in [-0.15, -0.1) is 0 Å². The average molecular weight is 336 g/mol. The number of urea groups is 1. The minimum absolute atomic E-state index is 0.110. The largest absolute Gasteiger partial charge is 0.494 e. The molecule has 7 nitrogen and oxygen atoms in total. The molecule has 0 saturated carbocycles. The predicted molar refractivity (Wildman–Crippen MR) is 88.4 cm³/mol. The lowest BCUT2D eigenvalue weighted by molar-refractivity contribution is -0.158. The van der Waals surface area contributed by atoms with E-state index in [2.05, 4.69) is 0 Å². The van der Waals surface area contributed by atoms with Gasteiger partial charge in [0.1, 0.15) is 5.75 Å². The van der Waals surface area contributed by atoms with Crippen LogP contribution in [0.4, 0.5) is 4.79 Å². The van der Waals surface area contributed by atoms with Gasteiger partial charge in [-0.3, -0.25) is 14.9 Å². The number of hydrogen-bond acceptors (Lipinski definition) is 5. The van der Waals surface area contributed by atoms with E-state index in [9.17, 15) is 14.4 Å². The highest BCUT2D eigenvalue weighted by Crippen LogP contribution is 2.13. The van der Waals surface area contributed by atoms with Crippen molar-refractivity contribution in [1.29, 1.82) is 0 Å². The van der Waals surface area contributed by atoms with Crippen LogP contribution < -0.4 is 15.8 Å². The smallest absolute Gasteiger partial charge is 0.318 e. The molecule has 0 aromatic heterocycles. The van der Waals surface area contributed by atoms with Gasteiger partial charge in [0.25, 0.3) is 5.91 Å². The Balaban J connectivity index is 2.36. The van der Waals surface area contributed by atoms with Crippen molar-refractivity contribution >= 4 is 17.9 Å². The number of carbonyl (C=O) groups is 3. The summed E-state index contributed by atoms with van der Waals surface area (Å²) >= 11 is 0. The van der Waals surface area contributed by atoms with Gasteiger partial charge in [0, 0.05) is 6.42 Å². The topological polar surface area (TPSA) is 108 Å². The molecule has 7 heteroatoms. The molecule has 0 spiro atoms. The fourth-order valence-electron chi connectivity index (χ4n) is 1.93. The number of ether oxygens (including phenoxy) is 2. The molecule has 1 atom stereocenters. The molecular weight excluding hydrogens is 312 g/mol. The second-order valence-electron chi connectivity index (χ2n) is 5.77. The Morgan fingerprint density at radius 3 is 2.33 bits per heavy atom. The van der Waals surface area contributed by atoms with E-state index >= 15 is 0 Å². The van der Waals surface area contributed by atoms with Gasteiger partial charge in [-0.1, -0.05) is 31.5 Å². The first-order valence-corrected chi connectivity index (χ1v) is 7.79. The highest BCUT2D eigenvalue weighted by molar-refractivity contribution is 5.96. The van der Waals surface area contributed by atoms with E-state index in [-0.39, 0.29) is 12.3 Å². The number of primary amides is 1. The van der Waals surface area contributed by atoms with E-state index in [4.69, 9.17) is 15.2 Å². The van der Waals surface area contributed by atoms with Crippen LogP contribution in [0.15, 0.2) is 24.3 Å². The third-order valence-corrected chi connectivity index (χ3v) is 3.18. The Bertz CT molecular complexity index is 569. The zero-order valence-corrected chi connectivity index (χ0v) is 14.2. The molecule has 0 aliphatic heterocycles. The molecule has 0 heterocycles. The first kappa shape index (κ1) is 19.5. The van der Waals surface area contributed by atoms with Crippen LogP contribution >= 0.6 is 0 Å². The summed E-state index contributed by atoms with van der Waals surface area (Å²) < 4.78 is 10.6. The number of nitrogens with two attached hydrogens (primary N) is 1. The van der Waals surface area contributed by atoms with E-state index in [1.54, 1.807) is 13.8 Å². The fourth-order valence-corrected chi connectivity index (χ4v) is 1.93. The lowest BCUT2D eigenvalue weighted by Crippen LogP contribution is -2.45. The van der Waals surface area contributed by atoms with Crippen LogP contribution in [-0.2, 0) is 14.3 Å². The quantitative estimate of drug-likeness (QED) is 0.557. The highest BCUT2D eigenvalue weighted by atomic mass is 16.5. The summed E-state index contributed by atoms with van der Waals surface area (Å²) in [6.07, 6.45) is -0.489. The molecule has 0 fully saturated rings. The lowest BCUT2D eigenvalue weighted by atomic mass is 10.1. The molecule has 1 rings (SSSR count). The maximum atomic E-state index is 11.8. The molecule has 0 aliphatic rings. The molecule has 0 saturated heterocycles. The second-order valence-corrected chi connectivity index (χ2v) is 5.77. The fraction of sp³-hybridized carbons (Fsp3) is 0.471. The van der Waals surface area contributed by atoms with Crippen LogP contribution in [0, 0.1) is 12.8 Å². The SMILES string of the molecule is Cc1ccc(OCCCC(=O)O[C@@H](C(=O)NC(N)=O)C(C)C)cc1. The second kappa shape index (κ2) is 9.54. The minimum Gasteiger partial charge on any atom is -0.494 e. The zero-order chi connectivity index (χ0) is 18.1. The molecule has 1 aromatic carbocycles. The Morgan fingerprint density at radius 1 is 1.17 bits per heavy atom. The van der Waals surface area contributed by atoms with E-state index in [0.717, 1.165) is 11.3 Å². The molecule has 0 radical (unpaired) electrons. The first-order chi connectivity index (χ1) is 11.3. The van der Waals surface area contributed by atoms with Crippen molar-refractivity contribution in [2.24, 2.45) is 11.7 Å². The number of aryl methyl sites for hydroxylation is 1. The molecular formula is C17H24N2O5. The minimum atomic E-state index is -1.05. The van der Waals surface area contributed by atoms with Crippen molar-refractivity contribution < 1.29 is 23.9 Å². The molecule has 3 amide bonds. The van der Waals surface area contributed by atoms with Crippen molar-refractivity contribution in [3.05, 3.63) is 29.8 Å². The normalized spacial score (nSPS) is 11.7. The molecule has 0 aliphatic carbocycles. The summed E-state index contributed by atoms with van der Waals surface area (Å²) in [5, 5.41) is 1.92. The highest BCUT2D eigenvalue weighted by Gasteiger charge is 2.27. The predicted octanol–water partition coefficient (Wildman–Crippen LogP) is 1.92. The van der Waals surface area contributed by atoms with E-state index in [1.165, 1.54) is 0 Å². The van der Waals surface area contributed by atoms with Gasteiger partial charge in [0.15, 0.2) is 6.10 Å². The number of rotatable bonds is 8. The summed E-state index contributed by atoms with van der Waals surface area (Å²) in [5.41, 5.74) is 6.04. The van der Waals surface area contributed by atoms with Gasteiger partial charge < -0.3 is 15.2 Å². The van der Waals surface area contributed by atoms with Crippen molar-refractivity contribution in [2.75, 3.05) is 6.61 Å². The lowest BCUT2D eigenvalue weighted by Gasteiger charge is -2.19. The summed E-state index contributed by atoms with van der Waals surface area (Å²) in [4.78, 5) is 34.3.